The molecule has 0 spiro atoms. The summed E-state index contributed by atoms with van der Waals surface area (Å²) in [5.74, 6) is 2.63. The van der Waals surface area contributed by atoms with Crippen molar-refractivity contribution in [2.75, 3.05) is 13.1 Å². The van der Waals surface area contributed by atoms with Crippen LogP contribution in [0.5, 0.6) is 0 Å². The van der Waals surface area contributed by atoms with Crippen LogP contribution in [0.2, 0.25) is 0 Å². The van der Waals surface area contributed by atoms with Crippen LogP contribution >= 0.6 is 30.3 Å². The van der Waals surface area contributed by atoms with Crippen LogP contribution in [-0.2, 0) is 0 Å². The summed E-state index contributed by atoms with van der Waals surface area (Å²) in [4.78, 5) is 0. The first-order chi connectivity index (χ1) is 7.36. The summed E-state index contributed by atoms with van der Waals surface area (Å²) in [6.07, 6.45) is 9.49. The standard InChI is InChI=1S/C12H12INS/c1-2-10-14(15-13)11-6-9-12-7-4-3-5-8-12/h1,3-9H,10-11H2/b9-6+. The van der Waals surface area contributed by atoms with Crippen molar-refractivity contribution >= 4 is 36.4 Å². The Balaban J connectivity index is 2.42. The number of hydrogen-bond donors (Lipinski definition) is 0. The SMILES string of the molecule is C#CCN(C/C=C/c1ccccc1)SI. The third-order valence-corrected chi connectivity index (χ3v) is 3.93. The van der Waals surface area contributed by atoms with Crippen molar-refractivity contribution in [3.8, 4) is 12.3 Å². The number of benzene rings is 1. The van der Waals surface area contributed by atoms with E-state index in [2.05, 4.69) is 55.7 Å². The van der Waals surface area contributed by atoms with Gasteiger partial charge >= 0.3 is 0 Å². The Hall–Kier alpha value is -0.440. The zero-order valence-corrected chi connectivity index (χ0v) is 11.2. The van der Waals surface area contributed by atoms with E-state index in [9.17, 15) is 0 Å². The first-order valence-electron chi connectivity index (χ1n) is 4.55. The summed E-state index contributed by atoms with van der Waals surface area (Å²) < 4.78 is 2.11. The zero-order chi connectivity index (χ0) is 10.9. The Morgan fingerprint density at radius 2 is 2.13 bits per heavy atom. The number of terminal acetylenes is 1. The third kappa shape index (κ3) is 5.26. The first-order valence-corrected chi connectivity index (χ1v) is 7.87. The lowest BCUT2D eigenvalue weighted by Gasteiger charge is -2.11. The summed E-state index contributed by atoms with van der Waals surface area (Å²) in [6.45, 7) is 1.54. The maximum Gasteiger partial charge on any atom is 0.0709 e. The van der Waals surface area contributed by atoms with E-state index >= 15 is 0 Å². The molecule has 1 rings (SSSR count). The molecule has 1 aromatic rings. The van der Waals surface area contributed by atoms with Crippen LogP contribution < -0.4 is 0 Å². The molecule has 0 bridgehead atoms. The van der Waals surface area contributed by atoms with Gasteiger partial charge in [0.05, 0.1) is 6.54 Å². The summed E-state index contributed by atoms with van der Waals surface area (Å²) in [6, 6.07) is 10.2. The van der Waals surface area contributed by atoms with Crippen LogP contribution in [0.25, 0.3) is 6.08 Å². The van der Waals surface area contributed by atoms with Gasteiger partial charge in [0.15, 0.2) is 0 Å². The molecule has 0 radical (unpaired) electrons. The number of nitrogens with zero attached hydrogens (tertiary/aromatic N) is 1. The van der Waals surface area contributed by atoms with E-state index in [1.807, 2.05) is 18.2 Å². The number of hydrogen-bond acceptors (Lipinski definition) is 2. The van der Waals surface area contributed by atoms with Gasteiger partial charge in [-0.2, -0.15) is 0 Å². The van der Waals surface area contributed by atoms with E-state index in [4.69, 9.17) is 6.42 Å². The lowest BCUT2D eigenvalue weighted by atomic mass is 10.2. The summed E-state index contributed by atoms with van der Waals surface area (Å²) >= 11 is 2.24. The molecule has 3 heteroatoms. The molecule has 0 aliphatic carbocycles. The smallest absolute Gasteiger partial charge is 0.0709 e. The zero-order valence-electron chi connectivity index (χ0n) is 8.27. The Morgan fingerprint density at radius 3 is 2.73 bits per heavy atom. The third-order valence-electron chi connectivity index (χ3n) is 1.78. The van der Waals surface area contributed by atoms with Gasteiger partial charge in [0.25, 0.3) is 0 Å². The maximum atomic E-state index is 5.26. The molecule has 0 unspecified atom stereocenters. The molecular weight excluding hydrogens is 317 g/mol. The minimum Gasteiger partial charge on any atom is -0.226 e. The van der Waals surface area contributed by atoms with Gasteiger partial charge in [-0.05, 0) is 14.7 Å². The second-order valence-corrected chi connectivity index (χ2v) is 4.74. The molecule has 78 valence electrons. The highest BCUT2D eigenvalue weighted by molar-refractivity contribution is 14.2. The second kappa shape index (κ2) is 7.80. The predicted molar refractivity (Wildman–Crippen MR) is 77.5 cm³/mol. The first kappa shape index (κ1) is 12.6. The minimum atomic E-state index is 0.673. The Kier molecular flexibility index (Phi) is 6.57. The maximum absolute atomic E-state index is 5.26. The van der Waals surface area contributed by atoms with Gasteiger partial charge in [-0.25, -0.2) is 4.31 Å². The fraction of sp³-hybridized carbons (Fsp3) is 0.167. The fourth-order valence-electron chi connectivity index (χ4n) is 1.09. The predicted octanol–water partition coefficient (Wildman–Crippen LogP) is 3.63. The molecule has 1 aromatic carbocycles. The summed E-state index contributed by atoms with van der Waals surface area (Å²) in [5.41, 5.74) is 1.22. The molecule has 0 aliphatic heterocycles. The van der Waals surface area contributed by atoms with Crippen molar-refractivity contribution in [3.05, 3.63) is 42.0 Å². The Morgan fingerprint density at radius 1 is 1.40 bits per heavy atom. The molecule has 15 heavy (non-hydrogen) atoms. The van der Waals surface area contributed by atoms with Crippen LogP contribution in [0, 0.1) is 12.3 Å². The van der Waals surface area contributed by atoms with Crippen molar-refractivity contribution in [3.63, 3.8) is 0 Å². The van der Waals surface area contributed by atoms with Crippen molar-refractivity contribution < 1.29 is 0 Å². The fourth-order valence-corrected chi connectivity index (χ4v) is 2.26. The molecule has 0 N–H and O–H groups in total. The molecule has 0 saturated heterocycles. The van der Waals surface area contributed by atoms with E-state index in [0.717, 1.165) is 6.54 Å². The molecule has 0 amide bonds. The molecule has 1 nitrogen and oxygen atoms in total. The Bertz CT molecular complexity index is 342. The van der Waals surface area contributed by atoms with Crippen LogP contribution in [0.1, 0.15) is 5.56 Å². The molecular formula is C12H12INS. The van der Waals surface area contributed by atoms with Gasteiger partial charge < -0.3 is 0 Å². The quantitative estimate of drug-likeness (QED) is 0.461. The van der Waals surface area contributed by atoms with Crippen molar-refractivity contribution in [2.24, 2.45) is 0 Å². The molecule has 0 atom stereocenters. The Labute approximate surface area is 108 Å². The molecule has 0 aliphatic rings. The van der Waals surface area contributed by atoms with E-state index < -0.39 is 0 Å². The topological polar surface area (TPSA) is 3.24 Å². The normalized spacial score (nSPS) is 10.7. The van der Waals surface area contributed by atoms with Gasteiger partial charge in [0.2, 0.25) is 0 Å². The lowest BCUT2D eigenvalue weighted by molar-refractivity contribution is 0.596. The van der Waals surface area contributed by atoms with Crippen molar-refractivity contribution in [1.82, 2.24) is 4.31 Å². The van der Waals surface area contributed by atoms with Gasteiger partial charge in [-0.15, -0.1) is 6.42 Å². The molecule has 0 heterocycles. The van der Waals surface area contributed by atoms with Gasteiger partial charge in [0, 0.05) is 27.8 Å². The highest BCUT2D eigenvalue weighted by Crippen LogP contribution is 2.17. The highest BCUT2D eigenvalue weighted by Gasteiger charge is 1.97. The van der Waals surface area contributed by atoms with E-state index in [-0.39, 0.29) is 0 Å². The van der Waals surface area contributed by atoms with Crippen molar-refractivity contribution in [1.29, 1.82) is 0 Å². The molecule has 0 aromatic heterocycles. The molecule has 0 fully saturated rings. The van der Waals surface area contributed by atoms with Crippen molar-refractivity contribution in [2.45, 2.75) is 0 Å². The number of rotatable bonds is 5. The van der Waals surface area contributed by atoms with Gasteiger partial charge in [-0.1, -0.05) is 48.4 Å². The van der Waals surface area contributed by atoms with Crippen LogP contribution in [-0.4, -0.2) is 17.4 Å². The summed E-state index contributed by atoms with van der Waals surface area (Å²) in [7, 11) is 1.64. The largest absolute Gasteiger partial charge is 0.226 e. The lowest BCUT2D eigenvalue weighted by Crippen LogP contribution is -2.13. The van der Waals surface area contributed by atoms with E-state index in [1.54, 1.807) is 9.12 Å². The van der Waals surface area contributed by atoms with Gasteiger partial charge in [-0.3, -0.25) is 0 Å². The average molecular weight is 329 g/mol. The van der Waals surface area contributed by atoms with Crippen LogP contribution in [0.15, 0.2) is 36.4 Å². The molecule has 0 saturated carbocycles. The average Bonchev–Trinajstić information content (AvgIpc) is 2.29. The minimum absolute atomic E-state index is 0.673. The van der Waals surface area contributed by atoms with E-state index in [1.165, 1.54) is 5.56 Å². The van der Waals surface area contributed by atoms with E-state index in [0.29, 0.717) is 6.54 Å². The van der Waals surface area contributed by atoms with Crippen LogP contribution in [0.4, 0.5) is 0 Å². The highest BCUT2D eigenvalue weighted by atomic mass is 127. The number of halogens is 1. The van der Waals surface area contributed by atoms with Gasteiger partial charge in [0.1, 0.15) is 0 Å². The second-order valence-electron chi connectivity index (χ2n) is 2.91. The summed E-state index contributed by atoms with van der Waals surface area (Å²) in [5, 5.41) is 0. The monoisotopic (exact) mass is 329 g/mol. The van der Waals surface area contributed by atoms with Crippen LogP contribution in [0.3, 0.4) is 0 Å².